The van der Waals surface area contributed by atoms with E-state index in [0.717, 1.165) is 13.1 Å². The van der Waals surface area contributed by atoms with E-state index in [1.807, 2.05) is 35.2 Å². The maximum absolute atomic E-state index is 9.35. The van der Waals surface area contributed by atoms with Gasteiger partial charge in [-0.15, -0.1) is 0 Å². The molecular formula is C20H20N4O. The zero-order valence-corrected chi connectivity index (χ0v) is 14.0. The molecule has 0 aromatic heterocycles. The van der Waals surface area contributed by atoms with Gasteiger partial charge in [-0.1, -0.05) is 42.5 Å². The van der Waals surface area contributed by atoms with Crippen molar-refractivity contribution in [2.45, 2.75) is 13.0 Å². The summed E-state index contributed by atoms with van der Waals surface area (Å²) in [6.45, 7) is 2.91. The van der Waals surface area contributed by atoms with Crippen molar-refractivity contribution in [1.82, 2.24) is 9.80 Å². The molecule has 2 aromatic carbocycles. The Bertz CT molecular complexity index is 854. The first-order chi connectivity index (χ1) is 12.3. The van der Waals surface area contributed by atoms with E-state index in [9.17, 15) is 10.5 Å². The smallest absolute Gasteiger partial charge is 0.169 e. The van der Waals surface area contributed by atoms with Crippen LogP contribution in [0.25, 0.3) is 10.8 Å². The lowest BCUT2D eigenvalue weighted by atomic mass is 10.0. The number of hydrogen-bond acceptors (Lipinski definition) is 5. The number of fused-ring (bicyclic) bond motifs is 1. The van der Waals surface area contributed by atoms with E-state index in [0.29, 0.717) is 25.3 Å². The maximum Gasteiger partial charge on any atom is 0.169 e. The molecule has 0 atom stereocenters. The molecule has 0 saturated carbocycles. The van der Waals surface area contributed by atoms with Crippen molar-refractivity contribution in [3.63, 3.8) is 0 Å². The van der Waals surface area contributed by atoms with Crippen LogP contribution in [0.1, 0.15) is 12.0 Å². The van der Waals surface area contributed by atoms with Gasteiger partial charge < -0.3 is 14.9 Å². The zero-order valence-electron chi connectivity index (χ0n) is 14.0. The van der Waals surface area contributed by atoms with Gasteiger partial charge in [0.1, 0.15) is 18.0 Å². The lowest BCUT2D eigenvalue weighted by Gasteiger charge is -2.25. The molecule has 5 heteroatoms. The topological polar surface area (TPSA) is 74.3 Å². The van der Waals surface area contributed by atoms with Gasteiger partial charge in [0.15, 0.2) is 5.57 Å². The Balaban J connectivity index is 1.94. The van der Waals surface area contributed by atoms with Crippen molar-refractivity contribution in [2.24, 2.45) is 0 Å². The molecule has 1 fully saturated rings. The summed E-state index contributed by atoms with van der Waals surface area (Å²) in [5.41, 5.74) is 1.31. The number of aliphatic hydroxyl groups is 1. The van der Waals surface area contributed by atoms with Gasteiger partial charge in [0, 0.05) is 32.8 Å². The van der Waals surface area contributed by atoms with E-state index >= 15 is 0 Å². The third-order valence-electron chi connectivity index (χ3n) is 4.51. The Labute approximate surface area is 147 Å². The van der Waals surface area contributed by atoms with Crippen LogP contribution in [0.15, 0.2) is 53.9 Å². The van der Waals surface area contributed by atoms with Gasteiger partial charge in [-0.05, 0) is 22.8 Å². The van der Waals surface area contributed by atoms with Crippen molar-refractivity contribution in [1.29, 1.82) is 10.5 Å². The number of nitrogens with zero attached hydrogens (tertiary/aromatic N) is 4. The number of benzene rings is 2. The first-order valence-electron chi connectivity index (χ1n) is 8.40. The number of allylic oxidation sites excluding steroid dienone is 1. The highest BCUT2D eigenvalue weighted by molar-refractivity contribution is 5.85. The van der Waals surface area contributed by atoms with Crippen LogP contribution < -0.4 is 0 Å². The molecule has 1 heterocycles. The fourth-order valence-electron chi connectivity index (χ4n) is 3.36. The molecule has 3 rings (SSSR count). The summed E-state index contributed by atoms with van der Waals surface area (Å²) in [7, 11) is 0. The Morgan fingerprint density at radius 1 is 1.00 bits per heavy atom. The number of hydrogen-bond donors (Lipinski definition) is 1. The largest absolute Gasteiger partial charge is 0.396 e. The van der Waals surface area contributed by atoms with Crippen LogP contribution in [0.4, 0.5) is 0 Å². The number of aliphatic hydroxyl groups excluding tert-OH is 1. The van der Waals surface area contributed by atoms with Crippen molar-refractivity contribution in [3.05, 3.63) is 59.4 Å². The van der Waals surface area contributed by atoms with Crippen molar-refractivity contribution < 1.29 is 5.11 Å². The Hall–Kier alpha value is -3.02. The fourth-order valence-corrected chi connectivity index (χ4v) is 3.36. The second-order valence-electron chi connectivity index (χ2n) is 6.05. The molecular weight excluding hydrogens is 312 g/mol. The first-order valence-corrected chi connectivity index (χ1v) is 8.40. The van der Waals surface area contributed by atoms with E-state index in [1.165, 1.54) is 16.3 Å². The molecule has 0 radical (unpaired) electrons. The minimum Gasteiger partial charge on any atom is -0.396 e. The summed E-state index contributed by atoms with van der Waals surface area (Å²) < 4.78 is 0. The summed E-state index contributed by atoms with van der Waals surface area (Å²) in [5.74, 6) is 0.686. The summed E-state index contributed by atoms with van der Waals surface area (Å²) in [5, 5.41) is 30.2. The average molecular weight is 332 g/mol. The molecule has 126 valence electrons. The lowest BCUT2D eigenvalue weighted by Crippen LogP contribution is -2.26. The predicted octanol–water partition coefficient (Wildman–Crippen LogP) is 2.60. The van der Waals surface area contributed by atoms with Gasteiger partial charge in [0.25, 0.3) is 0 Å². The molecule has 0 bridgehead atoms. The quantitative estimate of drug-likeness (QED) is 0.852. The van der Waals surface area contributed by atoms with Crippen LogP contribution in [0.3, 0.4) is 0 Å². The SMILES string of the molecule is N#CC(C#N)=C1N(CCCO)CCN1Cc1cccc2ccccc12. The molecule has 0 aliphatic carbocycles. The van der Waals surface area contributed by atoms with Crippen LogP contribution in [-0.2, 0) is 6.54 Å². The van der Waals surface area contributed by atoms with Gasteiger partial charge in [0.2, 0.25) is 0 Å². The summed E-state index contributed by atoms with van der Waals surface area (Å²) >= 11 is 0. The highest BCUT2D eigenvalue weighted by Gasteiger charge is 2.28. The van der Waals surface area contributed by atoms with Crippen molar-refractivity contribution in [3.8, 4) is 12.1 Å². The number of rotatable bonds is 5. The molecule has 0 spiro atoms. The summed E-state index contributed by atoms with van der Waals surface area (Å²) in [6, 6.07) is 18.5. The maximum atomic E-state index is 9.35. The van der Waals surface area contributed by atoms with Crippen LogP contribution in [-0.4, -0.2) is 41.1 Å². The molecule has 1 N–H and O–H groups in total. The highest BCUT2D eigenvalue weighted by Crippen LogP contribution is 2.27. The van der Waals surface area contributed by atoms with E-state index in [-0.39, 0.29) is 12.2 Å². The lowest BCUT2D eigenvalue weighted by molar-refractivity contribution is 0.254. The Kier molecular flexibility index (Phi) is 5.18. The summed E-state index contributed by atoms with van der Waals surface area (Å²) in [4.78, 5) is 4.13. The average Bonchev–Trinajstić information content (AvgIpc) is 3.04. The molecule has 1 saturated heterocycles. The fraction of sp³-hybridized carbons (Fsp3) is 0.300. The van der Waals surface area contributed by atoms with Crippen LogP contribution in [0.5, 0.6) is 0 Å². The number of nitriles is 2. The van der Waals surface area contributed by atoms with Gasteiger partial charge in [-0.25, -0.2) is 0 Å². The van der Waals surface area contributed by atoms with E-state index in [1.54, 1.807) is 0 Å². The predicted molar refractivity (Wildman–Crippen MR) is 95.9 cm³/mol. The Morgan fingerprint density at radius 3 is 2.48 bits per heavy atom. The second kappa shape index (κ2) is 7.70. The first kappa shape index (κ1) is 16.8. The molecule has 1 aliphatic rings. The zero-order chi connectivity index (χ0) is 17.6. The van der Waals surface area contributed by atoms with Crippen LogP contribution in [0, 0.1) is 22.7 Å². The highest BCUT2D eigenvalue weighted by atomic mass is 16.3. The minimum atomic E-state index is 0.0988. The van der Waals surface area contributed by atoms with Crippen LogP contribution in [0.2, 0.25) is 0 Å². The third-order valence-corrected chi connectivity index (χ3v) is 4.51. The molecule has 5 nitrogen and oxygen atoms in total. The minimum absolute atomic E-state index is 0.0988. The van der Waals surface area contributed by atoms with Gasteiger partial charge in [-0.3, -0.25) is 0 Å². The normalized spacial score (nSPS) is 13.8. The van der Waals surface area contributed by atoms with Crippen molar-refractivity contribution >= 4 is 10.8 Å². The van der Waals surface area contributed by atoms with Gasteiger partial charge in [0.05, 0.1) is 0 Å². The van der Waals surface area contributed by atoms with Gasteiger partial charge >= 0.3 is 0 Å². The van der Waals surface area contributed by atoms with Gasteiger partial charge in [-0.2, -0.15) is 10.5 Å². The molecule has 25 heavy (non-hydrogen) atoms. The molecule has 0 amide bonds. The third kappa shape index (κ3) is 3.42. The van der Waals surface area contributed by atoms with Crippen molar-refractivity contribution in [2.75, 3.05) is 26.2 Å². The summed E-state index contributed by atoms with van der Waals surface area (Å²) in [6.07, 6.45) is 0.621. The van der Waals surface area contributed by atoms with Crippen LogP contribution >= 0.6 is 0 Å². The van der Waals surface area contributed by atoms with E-state index in [4.69, 9.17) is 5.11 Å². The molecule has 1 aliphatic heterocycles. The second-order valence-corrected chi connectivity index (χ2v) is 6.05. The Morgan fingerprint density at radius 2 is 1.72 bits per heavy atom. The monoisotopic (exact) mass is 332 g/mol. The molecule has 2 aromatic rings. The standard InChI is InChI=1S/C20H20N4O/c21-13-18(14-22)20-23(9-4-12-25)10-11-24(20)15-17-7-3-6-16-5-1-2-8-19(16)17/h1-3,5-8,25H,4,9-12,15H2. The van der Waals surface area contributed by atoms with E-state index < -0.39 is 0 Å². The van der Waals surface area contributed by atoms with E-state index in [2.05, 4.69) is 29.2 Å². The molecule has 0 unspecified atom stereocenters.